The average molecular weight is 1340 g/mol. The summed E-state index contributed by atoms with van der Waals surface area (Å²) in [6.45, 7) is 4.87. The number of carbonyl (C=O) groups is 12. The number of likely N-dealkylation sites (tertiary alicyclic amines) is 1. The molecule has 4 heterocycles. The zero-order chi connectivity index (χ0) is 68.4. The molecule has 2 aliphatic rings. The molecule has 2 fully saturated rings. The van der Waals surface area contributed by atoms with Crippen molar-refractivity contribution < 1.29 is 62.6 Å². The van der Waals surface area contributed by atoms with Crippen LogP contribution in [-0.4, -0.2) is 193 Å². The third kappa shape index (κ3) is 22.8. The fourth-order valence-electron chi connectivity index (χ4n) is 10.7. The van der Waals surface area contributed by atoms with Crippen LogP contribution in [0.4, 0.5) is 0 Å². The Kier molecular flexibility index (Phi) is 28.9. The number of carbonyl (C=O) groups excluding carboxylic acids is 11. The number of hydrogen-bond donors (Lipinski definition) is 16. The topological polar surface area (TPSA) is 497 Å². The first kappa shape index (κ1) is 73.8. The monoisotopic (exact) mass is 1340 g/mol. The number of carboxylic acids is 1. The first-order valence-electron chi connectivity index (χ1n) is 31.0. The van der Waals surface area contributed by atoms with Gasteiger partial charge < -0.3 is 90.8 Å². The highest BCUT2D eigenvalue weighted by molar-refractivity contribution is 8.76. The van der Waals surface area contributed by atoms with E-state index in [9.17, 15) is 48.3 Å². The van der Waals surface area contributed by atoms with Gasteiger partial charge in [0.05, 0.1) is 6.33 Å². The zero-order valence-corrected chi connectivity index (χ0v) is 54.2. The number of aromatic nitrogens is 3. The predicted octanol–water partition coefficient (Wildman–Crippen LogP) is -2.12. The van der Waals surface area contributed by atoms with E-state index in [0.29, 0.717) is 47.0 Å². The van der Waals surface area contributed by atoms with Gasteiger partial charge in [-0.1, -0.05) is 84.0 Å². The number of fused-ring (bicyclic) bond motifs is 1. The molecule has 0 saturated carbocycles. The Bertz CT molecular complexity index is 3310. The Hall–Kier alpha value is -9.24. The van der Waals surface area contributed by atoms with E-state index in [0.717, 1.165) is 28.5 Å². The van der Waals surface area contributed by atoms with Crippen LogP contribution in [0.2, 0.25) is 0 Å². The third-order valence-corrected chi connectivity index (χ3v) is 18.1. The van der Waals surface area contributed by atoms with Gasteiger partial charge in [0.2, 0.25) is 65.0 Å². The summed E-state index contributed by atoms with van der Waals surface area (Å²) in [7, 11) is 1.90. The smallest absolute Gasteiger partial charge is 0.303 e. The number of primary amides is 1. The summed E-state index contributed by atoms with van der Waals surface area (Å²) in [4.78, 5) is 185. The van der Waals surface area contributed by atoms with E-state index in [1.165, 1.54) is 17.4 Å². The minimum absolute atomic E-state index is 0.0123. The van der Waals surface area contributed by atoms with Gasteiger partial charge in [-0.15, -0.1) is 0 Å². The number of imidazole rings is 1. The van der Waals surface area contributed by atoms with Crippen molar-refractivity contribution in [2.24, 2.45) is 33.8 Å². The molecular formula is C61H86N18O13S2. The van der Waals surface area contributed by atoms with Gasteiger partial charge >= 0.3 is 5.97 Å². The number of nitrogens with two attached hydrogens (primary N) is 4. The van der Waals surface area contributed by atoms with Crippen LogP contribution >= 0.6 is 21.6 Å². The molecule has 2 saturated heterocycles. The van der Waals surface area contributed by atoms with Gasteiger partial charge in [-0.2, -0.15) is 0 Å². The average Bonchev–Trinajstić information content (AvgIpc) is 1.64. The molecule has 31 nitrogen and oxygen atoms in total. The van der Waals surface area contributed by atoms with Crippen molar-refractivity contribution in [1.82, 2.24) is 67.7 Å². The van der Waals surface area contributed by atoms with Gasteiger partial charge in [0.1, 0.15) is 60.4 Å². The molecule has 510 valence electrons. The molecular weight excluding hydrogens is 1260 g/mol. The number of aliphatic carboxylic acids is 1. The molecule has 33 heteroatoms. The lowest BCUT2D eigenvalue weighted by molar-refractivity contribution is -0.142. The fraction of sp³-hybridized carbons (Fsp3) is 0.508. The summed E-state index contributed by atoms with van der Waals surface area (Å²) in [5, 5.41) is 34.7. The number of aliphatic imine (C=N–C) groups is 1. The quantitative estimate of drug-likeness (QED) is 0.0146. The molecule has 11 amide bonds. The van der Waals surface area contributed by atoms with Gasteiger partial charge in [0.25, 0.3) is 0 Å². The first-order chi connectivity index (χ1) is 44.9. The number of aromatic amines is 2. The van der Waals surface area contributed by atoms with E-state index in [-0.39, 0.29) is 88.0 Å². The molecule has 0 spiro atoms. The zero-order valence-electron chi connectivity index (χ0n) is 52.6. The molecule has 0 unspecified atom stereocenters. The highest BCUT2D eigenvalue weighted by atomic mass is 33.1. The standard InChI is InChI=1S/C61H86N18O13S2/c1-33(2)50(51(63)83)78-59(91)48-19-12-24-79(48)60(92)42(17-9-10-22-62)73-58(90)47-31-94-93-30-46(70-34(3)80)57(89)72-41(20-21-49(81)82)53(85)76-45(27-37-29-66-32-69-37)56(88)74-43(25-35-13-5-4-6-14-35)54(86)71-40(18-11-23-67-61(64)65)52(84)75-44(55(87)77-47)26-36-28-68-39-16-8-7-15-38(36)39/h4-8,13-16,28-29,32-33,40-48,50,68H,9-12,17-27,30-31,62H2,1-3H3,(H2,63,83)(H,66,69)(H,70,80)(H,71,86)(H,72,89)(H,73,90)(H,74,88)(H,75,84)(H,76,85)(H,77,87)(H,78,91)(H,81,82)(H4,64,65,67)/t40-,41-,42-,43+,44-,45-,46-,47+,48-,50-/m0/s1. The lowest BCUT2D eigenvalue weighted by Crippen LogP contribution is -2.61. The van der Waals surface area contributed by atoms with Gasteiger partial charge in [-0.3, -0.25) is 62.5 Å². The van der Waals surface area contributed by atoms with Crippen LogP contribution in [0.3, 0.4) is 0 Å². The Morgan fingerprint density at radius 2 is 1.33 bits per heavy atom. The Balaban J connectivity index is 1.45. The van der Waals surface area contributed by atoms with E-state index in [1.54, 1.807) is 74.6 Å². The van der Waals surface area contributed by atoms with Crippen molar-refractivity contribution in [3.63, 3.8) is 0 Å². The number of amides is 11. The molecule has 20 N–H and O–H groups in total. The number of benzene rings is 2. The second-order valence-corrected chi connectivity index (χ2v) is 25.8. The van der Waals surface area contributed by atoms with E-state index >= 15 is 14.4 Å². The van der Waals surface area contributed by atoms with Gasteiger partial charge in [-0.05, 0) is 81.0 Å². The lowest BCUT2D eigenvalue weighted by atomic mass is 10.0. The number of H-pyrrole nitrogens is 2. The van der Waals surface area contributed by atoms with Gasteiger partial charge in [0.15, 0.2) is 5.96 Å². The third-order valence-electron chi connectivity index (χ3n) is 15.7. The van der Waals surface area contributed by atoms with Crippen molar-refractivity contribution in [1.29, 1.82) is 0 Å². The maximum Gasteiger partial charge on any atom is 0.303 e. The van der Waals surface area contributed by atoms with Gasteiger partial charge in [0, 0.05) is 86.2 Å². The summed E-state index contributed by atoms with van der Waals surface area (Å²) in [5.74, 6) is -11.8. The number of unbranched alkanes of at least 4 members (excludes halogenated alkanes) is 1. The summed E-state index contributed by atoms with van der Waals surface area (Å²) in [6, 6.07) is 1.60. The van der Waals surface area contributed by atoms with Crippen molar-refractivity contribution in [3.8, 4) is 0 Å². The van der Waals surface area contributed by atoms with Crippen LogP contribution in [0, 0.1) is 5.92 Å². The second-order valence-electron chi connectivity index (χ2n) is 23.3. The molecule has 6 rings (SSSR count). The van der Waals surface area contributed by atoms with Crippen LogP contribution in [0.5, 0.6) is 0 Å². The van der Waals surface area contributed by atoms with Crippen LogP contribution in [0.25, 0.3) is 10.9 Å². The largest absolute Gasteiger partial charge is 0.481 e. The minimum atomic E-state index is -1.64. The Morgan fingerprint density at radius 3 is 1.97 bits per heavy atom. The molecule has 0 radical (unpaired) electrons. The van der Waals surface area contributed by atoms with Crippen molar-refractivity contribution >= 4 is 109 Å². The molecule has 94 heavy (non-hydrogen) atoms. The van der Waals surface area contributed by atoms with E-state index in [1.807, 2.05) is 0 Å². The lowest BCUT2D eigenvalue weighted by Gasteiger charge is -2.31. The number of nitrogens with one attached hydrogen (secondary N) is 11. The molecule has 4 aromatic rings. The maximum atomic E-state index is 15.3. The maximum absolute atomic E-state index is 15.3. The SMILES string of the molecule is CC(=O)N[C@H]1CSSC[C@H](C(=O)N[C@@H](CCCCN)C(=O)N2CCC[C@H]2C(=O)N[C@H](C(N)=O)C(C)C)NC(=O)[C@H](Cc2c[nH]c3ccccc23)NC(=O)[C@H](CCCN=C(N)N)NC(=O)[C@@H](Cc2ccccc2)NC(=O)[C@H](Cc2cnc[nH]2)NC(=O)[C@H](CCC(=O)O)NC1=O. The van der Waals surface area contributed by atoms with E-state index in [2.05, 4.69) is 67.8 Å². The molecule has 0 aliphatic carbocycles. The van der Waals surface area contributed by atoms with E-state index < -0.39 is 144 Å². The van der Waals surface area contributed by atoms with Crippen molar-refractivity contribution in [2.75, 3.05) is 31.1 Å². The van der Waals surface area contributed by atoms with Crippen molar-refractivity contribution in [2.45, 2.75) is 158 Å². The first-order valence-corrected chi connectivity index (χ1v) is 33.5. The summed E-state index contributed by atoms with van der Waals surface area (Å²) in [5.41, 5.74) is 24.9. The van der Waals surface area contributed by atoms with Crippen LogP contribution < -0.4 is 70.8 Å². The second kappa shape index (κ2) is 36.9. The highest BCUT2D eigenvalue weighted by Crippen LogP contribution is 2.26. The summed E-state index contributed by atoms with van der Waals surface area (Å²) in [6.07, 6.45) is 3.91. The summed E-state index contributed by atoms with van der Waals surface area (Å²) < 4.78 is 0. The molecule has 2 aliphatic heterocycles. The molecule has 10 atom stereocenters. The molecule has 2 aromatic heterocycles. The Morgan fingerprint density at radius 1 is 0.713 bits per heavy atom. The normalized spacial score (nSPS) is 22.0. The van der Waals surface area contributed by atoms with E-state index in [4.69, 9.17) is 22.9 Å². The predicted molar refractivity (Wildman–Crippen MR) is 351 cm³/mol. The number of rotatable bonds is 25. The minimum Gasteiger partial charge on any atom is -0.481 e. The Labute approximate surface area is 550 Å². The number of hydrogen-bond acceptors (Lipinski definition) is 17. The fourth-order valence-corrected chi connectivity index (χ4v) is 13.1. The number of para-hydroxylation sites is 1. The molecule has 2 aromatic carbocycles. The van der Waals surface area contributed by atoms with Crippen LogP contribution in [0.1, 0.15) is 95.4 Å². The number of nitrogens with zero attached hydrogens (tertiary/aromatic N) is 3. The molecule has 0 bridgehead atoms. The van der Waals surface area contributed by atoms with Crippen LogP contribution in [0.15, 0.2) is 78.3 Å². The summed E-state index contributed by atoms with van der Waals surface area (Å²) >= 11 is 0. The van der Waals surface area contributed by atoms with Crippen molar-refractivity contribution in [3.05, 3.63) is 90.1 Å². The number of carboxylic acid groups (broad SMARTS) is 1. The van der Waals surface area contributed by atoms with Gasteiger partial charge in [-0.25, -0.2) is 4.98 Å². The number of guanidine groups is 1. The highest BCUT2D eigenvalue weighted by Gasteiger charge is 2.41. The van der Waals surface area contributed by atoms with Crippen LogP contribution in [-0.2, 0) is 76.8 Å².